The molecule has 2 rings (SSSR count). The Balaban J connectivity index is 1.97. The first kappa shape index (κ1) is 18.1. The first-order valence-corrected chi connectivity index (χ1v) is 8.00. The number of carbonyl (C=O) groups excluding carboxylic acids is 2. The third kappa shape index (κ3) is 4.61. The van der Waals surface area contributed by atoms with Gasteiger partial charge in [-0.1, -0.05) is 18.2 Å². The van der Waals surface area contributed by atoms with Crippen molar-refractivity contribution in [2.24, 2.45) is 0 Å². The Hall–Kier alpha value is -2.28. The maximum absolute atomic E-state index is 12.4. The van der Waals surface area contributed by atoms with Crippen LogP contribution in [0.4, 0.5) is 4.79 Å². The monoisotopic (exact) mass is 335 g/mol. The van der Waals surface area contributed by atoms with Gasteiger partial charge in [0.2, 0.25) is 5.91 Å². The molecule has 1 heterocycles. The van der Waals surface area contributed by atoms with Crippen LogP contribution < -0.4 is 10.1 Å². The van der Waals surface area contributed by atoms with Gasteiger partial charge >= 0.3 is 6.09 Å². The quantitative estimate of drug-likeness (QED) is 0.720. The normalized spacial score (nSPS) is 17.1. The standard InChI is InChI=1S/C17H25N3O4/c1-19(2)10-6-9-18-16(21)14-12-24-17(22)20(14)11-13-7-4-5-8-15(13)23-3/h4-5,7-8,14H,6,9-12H2,1-3H3,(H,18,21)/t14-/m0/s1. The van der Waals surface area contributed by atoms with Crippen molar-refractivity contribution in [3.8, 4) is 5.75 Å². The molecule has 1 aromatic carbocycles. The highest BCUT2D eigenvalue weighted by molar-refractivity contribution is 5.87. The van der Waals surface area contributed by atoms with Gasteiger partial charge < -0.3 is 19.7 Å². The van der Waals surface area contributed by atoms with E-state index in [0.717, 1.165) is 18.5 Å². The van der Waals surface area contributed by atoms with Crippen molar-refractivity contribution >= 4 is 12.0 Å². The molecule has 7 nitrogen and oxygen atoms in total. The Morgan fingerprint density at radius 1 is 1.42 bits per heavy atom. The summed E-state index contributed by atoms with van der Waals surface area (Å²) in [4.78, 5) is 27.9. The van der Waals surface area contributed by atoms with E-state index in [0.29, 0.717) is 12.3 Å². The van der Waals surface area contributed by atoms with E-state index in [-0.39, 0.29) is 19.1 Å². The highest BCUT2D eigenvalue weighted by Gasteiger charge is 2.38. The van der Waals surface area contributed by atoms with Crippen molar-refractivity contribution in [2.45, 2.75) is 19.0 Å². The van der Waals surface area contributed by atoms with Crippen LogP contribution in [0.3, 0.4) is 0 Å². The molecule has 0 aromatic heterocycles. The van der Waals surface area contributed by atoms with Gasteiger partial charge in [-0.25, -0.2) is 4.79 Å². The zero-order chi connectivity index (χ0) is 17.5. The smallest absolute Gasteiger partial charge is 0.410 e. The maximum atomic E-state index is 12.4. The van der Waals surface area contributed by atoms with Gasteiger partial charge in [-0.2, -0.15) is 0 Å². The summed E-state index contributed by atoms with van der Waals surface area (Å²) in [6, 6.07) is 6.82. The molecule has 0 aliphatic carbocycles. The first-order chi connectivity index (χ1) is 11.5. The molecule has 0 radical (unpaired) electrons. The lowest BCUT2D eigenvalue weighted by Gasteiger charge is -2.22. The van der Waals surface area contributed by atoms with Gasteiger partial charge in [-0.3, -0.25) is 9.69 Å². The molecule has 0 bridgehead atoms. The van der Waals surface area contributed by atoms with Crippen molar-refractivity contribution in [3.05, 3.63) is 29.8 Å². The van der Waals surface area contributed by atoms with Crippen molar-refractivity contribution in [1.82, 2.24) is 15.1 Å². The zero-order valence-electron chi connectivity index (χ0n) is 14.4. The van der Waals surface area contributed by atoms with E-state index in [2.05, 4.69) is 10.2 Å². The number of methoxy groups -OCH3 is 1. The van der Waals surface area contributed by atoms with Crippen molar-refractivity contribution in [2.75, 3.05) is 40.9 Å². The number of cyclic esters (lactones) is 1. The fraction of sp³-hybridized carbons (Fsp3) is 0.529. The molecular formula is C17H25N3O4. The average molecular weight is 335 g/mol. The molecule has 7 heteroatoms. The number of nitrogens with one attached hydrogen (secondary N) is 1. The lowest BCUT2D eigenvalue weighted by Crippen LogP contribution is -2.45. The van der Waals surface area contributed by atoms with Crippen molar-refractivity contribution < 1.29 is 19.1 Å². The Morgan fingerprint density at radius 3 is 2.88 bits per heavy atom. The number of benzene rings is 1. The van der Waals surface area contributed by atoms with Crippen LogP contribution in [0, 0.1) is 0 Å². The van der Waals surface area contributed by atoms with E-state index in [9.17, 15) is 9.59 Å². The minimum absolute atomic E-state index is 0.0769. The van der Waals surface area contributed by atoms with Crippen LogP contribution in [-0.4, -0.2) is 68.7 Å². The van der Waals surface area contributed by atoms with Crippen molar-refractivity contribution in [1.29, 1.82) is 0 Å². The number of rotatable bonds is 8. The van der Waals surface area contributed by atoms with Gasteiger partial charge in [0.25, 0.3) is 0 Å². The minimum Gasteiger partial charge on any atom is -0.496 e. The molecule has 0 saturated carbocycles. The second kappa shape index (κ2) is 8.54. The molecule has 1 aliphatic heterocycles. The highest BCUT2D eigenvalue weighted by atomic mass is 16.6. The predicted octanol–water partition coefficient (Wildman–Crippen LogP) is 1.08. The minimum atomic E-state index is -0.609. The topological polar surface area (TPSA) is 71.1 Å². The third-order valence-corrected chi connectivity index (χ3v) is 3.89. The maximum Gasteiger partial charge on any atom is 0.410 e. The van der Waals surface area contributed by atoms with E-state index in [4.69, 9.17) is 9.47 Å². The third-order valence-electron chi connectivity index (χ3n) is 3.89. The van der Waals surface area contributed by atoms with E-state index in [1.165, 1.54) is 4.90 Å². The fourth-order valence-corrected chi connectivity index (χ4v) is 2.58. The van der Waals surface area contributed by atoms with E-state index >= 15 is 0 Å². The number of para-hydroxylation sites is 1. The molecule has 1 saturated heterocycles. The number of amides is 2. The number of carbonyl (C=O) groups is 2. The molecule has 1 atom stereocenters. The largest absolute Gasteiger partial charge is 0.496 e. The van der Waals surface area contributed by atoms with E-state index in [1.54, 1.807) is 7.11 Å². The van der Waals surface area contributed by atoms with Gasteiger partial charge in [0.05, 0.1) is 13.7 Å². The van der Waals surface area contributed by atoms with Gasteiger partial charge in [0.15, 0.2) is 0 Å². The summed E-state index contributed by atoms with van der Waals surface area (Å²) >= 11 is 0. The van der Waals surface area contributed by atoms with E-state index in [1.807, 2.05) is 38.4 Å². The first-order valence-electron chi connectivity index (χ1n) is 8.00. The van der Waals surface area contributed by atoms with Crippen molar-refractivity contribution in [3.63, 3.8) is 0 Å². The molecule has 0 unspecified atom stereocenters. The Bertz CT molecular complexity index is 577. The summed E-state index contributed by atoms with van der Waals surface area (Å²) in [7, 11) is 5.55. The second-order valence-corrected chi connectivity index (χ2v) is 5.98. The van der Waals surface area contributed by atoms with Crippen LogP contribution >= 0.6 is 0 Å². The van der Waals surface area contributed by atoms with Crippen LogP contribution in [0.2, 0.25) is 0 Å². The summed E-state index contributed by atoms with van der Waals surface area (Å²) in [6.45, 7) is 1.82. The van der Waals surface area contributed by atoms with Gasteiger partial charge in [0.1, 0.15) is 18.4 Å². The molecule has 132 valence electrons. The van der Waals surface area contributed by atoms with Crippen LogP contribution in [0.5, 0.6) is 5.75 Å². The summed E-state index contributed by atoms with van der Waals surface area (Å²) in [5, 5.41) is 2.87. The zero-order valence-corrected chi connectivity index (χ0v) is 14.4. The van der Waals surface area contributed by atoms with Gasteiger partial charge in [-0.15, -0.1) is 0 Å². The van der Waals surface area contributed by atoms with E-state index < -0.39 is 12.1 Å². The molecule has 1 aliphatic rings. The molecule has 1 aromatic rings. The number of nitrogens with zero attached hydrogens (tertiary/aromatic N) is 2. The second-order valence-electron chi connectivity index (χ2n) is 5.98. The summed E-state index contributed by atoms with van der Waals surface area (Å²) < 4.78 is 10.4. The molecule has 24 heavy (non-hydrogen) atoms. The highest BCUT2D eigenvalue weighted by Crippen LogP contribution is 2.23. The van der Waals surface area contributed by atoms with Crippen LogP contribution in [-0.2, 0) is 16.1 Å². The Labute approximate surface area is 142 Å². The molecule has 0 spiro atoms. The predicted molar refractivity (Wildman–Crippen MR) is 89.9 cm³/mol. The fourth-order valence-electron chi connectivity index (χ4n) is 2.58. The SMILES string of the molecule is COc1ccccc1CN1C(=O)OC[C@H]1C(=O)NCCCN(C)C. The molecule has 2 amide bonds. The number of hydrogen-bond acceptors (Lipinski definition) is 5. The number of hydrogen-bond donors (Lipinski definition) is 1. The molecular weight excluding hydrogens is 310 g/mol. The Kier molecular flexibility index (Phi) is 6.43. The van der Waals surface area contributed by atoms with Gasteiger partial charge in [-0.05, 0) is 33.1 Å². The summed E-state index contributed by atoms with van der Waals surface area (Å²) in [6.07, 6.45) is 0.376. The summed E-state index contributed by atoms with van der Waals surface area (Å²) in [5.74, 6) is 0.497. The van der Waals surface area contributed by atoms with Gasteiger partial charge in [0, 0.05) is 12.1 Å². The lowest BCUT2D eigenvalue weighted by atomic mass is 10.1. The van der Waals surface area contributed by atoms with Crippen LogP contribution in [0.1, 0.15) is 12.0 Å². The van der Waals surface area contributed by atoms with Crippen LogP contribution in [0.25, 0.3) is 0 Å². The molecule has 1 N–H and O–H groups in total. The summed E-state index contributed by atoms with van der Waals surface area (Å²) in [5.41, 5.74) is 0.837. The lowest BCUT2D eigenvalue weighted by molar-refractivity contribution is -0.125. The Morgan fingerprint density at radius 2 is 2.17 bits per heavy atom. The molecule has 1 fully saturated rings. The number of ether oxygens (including phenoxy) is 2. The average Bonchev–Trinajstić information content (AvgIpc) is 2.93. The van der Waals surface area contributed by atoms with Crippen LogP contribution in [0.15, 0.2) is 24.3 Å².